The topological polar surface area (TPSA) is 87.7 Å². The molecule has 1 aliphatic rings. The van der Waals surface area contributed by atoms with Crippen LogP contribution in [0.5, 0.6) is 0 Å². The maximum Gasteiger partial charge on any atom is 0.338 e. The van der Waals surface area contributed by atoms with Crippen molar-refractivity contribution in [2.24, 2.45) is 0 Å². The first-order valence-electron chi connectivity index (χ1n) is 8.50. The van der Waals surface area contributed by atoms with Crippen molar-refractivity contribution in [3.63, 3.8) is 0 Å². The first kappa shape index (κ1) is 17.7. The lowest BCUT2D eigenvalue weighted by molar-refractivity contribution is -0.118. The van der Waals surface area contributed by atoms with E-state index in [0.29, 0.717) is 31.1 Å². The SMILES string of the molecule is CCOC(=O)c1ccc(Nc2cc(N3CCN(C=O)CC3)ncn2)cc1. The number of nitrogens with zero attached hydrogens (tertiary/aromatic N) is 4. The summed E-state index contributed by atoms with van der Waals surface area (Å²) in [7, 11) is 0. The number of esters is 1. The van der Waals surface area contributed by atoms with Crippen molar-refractivity contribution in [3.8, 4) is 0 Å². The highest BCUT2D eigenvalue weighted by Crippen LogP contribution is 2.20. The second kappa shape index (κ2) is 8.28. The molecule has 26 heavy (non-hydrogen) atoms. The normalized spacial score (nSPS) is 14.0. The molecule has 136 valence electrons. The molecule has 2 aromatic rings. The third-order valence-electron chi connectivity index (χ3n) is 4.11. The van der Waals surface area contributed by atoms with E-state index in [0.717, 1.165) is 31.0 Å². The van der Waals surface area contributed by atoms with Crippen LogP contribution in [0.2, 0.25) is 0 Å². The van der Waals surface area contributed by atoms with Crippen LogP contribution in [-0.2, 0) is 9.53 Å². The minimum atomic E-state index is -0.335. The number of carbonyl (C=O) groups excluding carboxylic acids is 2. The highest BCUT2D eigenvalue weighted by molar-refractivity contribution is 5.89. The molecule has 0 radical (unpaired) electrons. The van der Waals surface area contributed by atoms with Gasteiger partial charge in [0.25, 0.3) is 0 Å². The van der Waals surface area contributed by atoms with E-state index in [1.165, 1.54) is 6.33 Å². The Morgan fingerprint density at radius 2 is 1.92 bits per heavy atom. The van der Waals surface area contributed by atoms with Gasteiger partial charge in [-0.2, -0.15) is 0 Å². The number of benzene rings is 1. The molecule has 0 atom stereocenters. The molecule has 1 fully saturated rings. The molecule has 1 saturated heterocycles. The summed E-state index contributed by atoms with van der Waals surface area (Å²) >= 11 is 0. The van der Waals surface area contributed by atoms with E-state index in [9.17, 15) is 9.59 Å². The van der Waals surface area contributed by atoms with Crippen LogP contribution in [0.25, 0.3) is 0 Å². The van der Waals surface area contributed by atoms with Gasteiger partial charge in [-0.3, -0.25) is 4.79 Å². The summed E-state index contributed by atoms with van der Waals surface area (Å²) in [6.07, 6.45) is 2.39. The van der Waals surface area contributed by atoms with E-state index in [-0.39, 0.29) is 5.97 Å². The smallest absolute Gasteiger partial charge is 0.338 e. The van der Waals surface area contributed by atoms with Crippen LogP contribution in [0.15, 0.2) is 36.7 Å². The van der Waals surface area contributed by atoms with Gasteiger partial charge < -0.3 is 19.9 Å². The van der Waals surface area contributed by atoms with Crippen molar-refractivity contribution < 1.29 is 14.3 Å². The molecule has 3 rings (SSSR count). The van der Waals surface area contributed by atoms with Gasteiger partial charge in [0.15, 0.2) is 0 Å². The maximum absolute atomic E-state index is 11.7. The van der Waals surface area contributed by atoms with E-state index in [4.69, 9.17) is 4.74 Å². The Kier molecular flexibility index (Phi) is 5.62. The van der Waals surface area contributed by atoms with Crippen molar-refractivity contribution in [1.82, 2.24) is 14.9 Å². The van der Waals surface area contributed by atoms with Gasteiger partial charge in [-0.1, -0.05) is 0 Å². The summed E-state index contributed by atoms with van der Waals surface area (Å²) < 4.78 is 4.97. The van der Waals surface area contributed by atoms with Crippen LogP contribution in [0, 0.1) is 0 Å². The highest BCUT2D eigenvalue weighted by Gasteiger charge is 2.17. The molecule has 0 unspecified atom stereocenters. The fourth-order valence-corrected chi connectivity index (χ4v) is 2.70. The number of rotatable bonds is 6. The summed E-state index contributed by atoms with van der Waals surface area (Å²) in [4.78, 5) is 34.9. The minimum absolute atomic E-state index is 0.335. The van der Waals surface area contributed by atoms with E-state index >= 15 is 0 Å². The first-order valence-corrected chi connectivity index (χ1v) is 8.50. The van der Waals surface area contributed by atoms with Gasteiger partial charge >= 0.3 is 5.97 Å². The lowest BCUT2D eigenvalue weighted by Gasteiger charge is -2.33. The molecule has 0 bridgehead atoms. The summed E-state index contributed by atoms with van der Waals surface area (Å²) in [5.74, 6) is 1.14. The number of nitrogens with one attached hydrogen (secondary N) is 1. The number of hydrogen-bond donors (Lipinski definition) is 1. The molecule has 0 saturated carbocycles. The Balaban J connectivity index is 1.65. The average molecular weight is 355 g/mol. The van der Waals surface area contributed by atoms with Crippen LogP contribution in [-0.4, -0.2) is 60.0 Å². The van der Waals surface area contributed by atoms with Gasteiger partial charge in [0.1, 0.15) is 18.0 Å². The molecule has 1 amide bonds. The summed E-state index contributed by atoms with van der Waals surface area (Å²) in [6, 6.07) is 8.89. The molecule has 0 spiro atoms. The van der Waals surface area contributed by atoms with E-state index in [1.807, 2.05) is 6.07 Å². The van der Waals surface area contributed by atoms with Crippen LogP contribution < -0.4 is 10.2 Å². The van der Waals surface area contributed by atoms with Crippen molar-refractivity contribution in [2.75, 3.05) is 43.0 Å². The average Bonchev–Trinajstić information content (AvgIpc) is 2.69. The molecule has 1 aliphatic heterocycles. The van der Waals surface area contributed by atoms with Crippen molar-refractivity contribution in [1.29, 1.82) is 0 Å². The molecule has 1 N–H and O–H groups in total. The zero-order valence-corrected chi connectivity index (χ0v) is 14.6. The first-order chi connectivity index (χ1) is 12.7. The lowest BCUT2D eigenvalue weighted by Crippen LogP contribution is -2.46. The Morgan fingerprint density at radius 3 is 2.58 bits per heavy atom. The molecule has 1 aromatic heterocycles. The Bertz CT molecular complexity index is 758. The Labute approximate surface area is 151 Å². The third kappa shape index (κ3) is 4.27. The molecule has 8 nitrogen and oxygen atoms in total. The Hall–Kier alpha value is -3.16. The quantitative estimate of drug-likeness (QED) is 0.623. The fraction of sp³-hybridized carbons (Fsp3) is 0.333. The van der Waals surface area contributed by atoms with Gasteiger partial charge in [-0.15, -0.1) is 0 Å². The molecule has 8 heteroatoms. The molecular weight excluding hydrogens is 334 g/mol. The van der Waals surface area contributed by atoms with Gasteiger partial charge in [-0.25, -0.2) is 14.8 Å². The number of aromatic nitrogens is 2. The molecule has 0 aliphatic carbocycles. The number of ether oxygens (including phenoxy) is 1. The molecule has 1 aromatic carbocycles. The number of hydrogen-bond acceptors (Lipinski definition) is 7. The lowest BCUT2D eigenvalue weighted by atomic mass is 10.2. The van der Waals surface area contributed by atoms with Gasteiger partial charge in [-0.05, 0) is 31.2 Å². The van der Waals surface area contributed by atoms with Gasteiger partial charge in [0.05, 0.1) is 12.2 Å². The van der Waals surface area contributed by atoms with Gasteiger partial charge in [0, 0.05) is 37.9 Å². The van der Waals surface area contributed by atoms with Crippen molar-refractivity contribution in [3.05, 3.63) is 42.2 Å². The monoisotopic (exact) mass is 355 g/mol. The highest BCUT2D eigenvalue weighted by atomic mass is 16.5. The zero-order chi connectivity index (χ0) is 18.4. The zero-order valence-electron chi connectivity index (χ0n) is 14.6. The van der Waals surface area contributed by atoms with Crippen LogP contribution in [0.3, 0.4) is 0 Å². The number of amides is 1. The molecular formula is C18H21N5O3. The second-order valence-corrected chi connectivity index (χ2v) is 5.81. The largest absolute Gasteiger partial charge is 0.462 e. The van der Waals surface area contributed by atoms with Crippen LogP contribution in [0.1, 0.15) is 17.3 Å². The van der Waals surface area contributed by atoms with Crippen LogP contribution >= 0.6 is 0 Å². The maximum atomic E-state index is 11.7. The van der Waals surface area contributed by atoms with Crippen molar-refractivity contribution in [2.45, 2.75) is 6.92 Å². The Morgan fingerprint density at radius 1 is 1.19 bits per heavy atom. The van der Waals surface area contributed by atoms with Crippen molar-refractivity contribution >= 4 is 29.7 Å². The fourth-order valence-electron chi connectivity index (χ4n) is 2.70. The van der Waals surface area contributed by atoms with Crippen LogP contribution in [0.4, 0.5) is 17.3 Å². The van der Waals surface area contributed by atoms with E-state index in [1.54, 1.807) is 36.1 Å². The number of piperazine rings is 1. The summed E-state index contributed by atoms with van der Waals surface area (Å²) in [5, 5.41) is 3.21. The number of carbonyl (C=O) groups is 2. The van der Waals surface area contributed by atoms with E-state index in [2.05, 4.69) is 20.2 Å². The van der Waals surface area contributed by atoms with Gasteiger partial charge in [0.2, 0.25) is 6.41 Å². The standard InChI is InChI=1S/C18H21N5O3/c1-2-26-18(25)14-3-5-15(6-4-14)21-16-11-17(20-12-19-16)23-9-7-22(13-24)8-10-23/h3-6,11-13H,2,7-10H2,1H3,(H,19,20,21). The molecule has 2 heterocycles. The predicted octanol–water partition coefficient (Wildman–Crippen LogP) is 1.68. The predicted molar refractivity (Wildman–Crippen MR) is 97.6 cm³/mol. The van der Waals surface area contributed by atoms with E-state index < -0.39 is 0 Å². The summed E-state index contributed by atoms with van der Waals surface area (Å²) in [5.41, 5.74) is 1.32. The third-order valence-corrected chi connectivity index (χ3v) is 4.11. The second-order valence-electron chi connectivity index (χ2n) is 5.81. The summed E-state index contributed by atoms with van der Waals surface area (Å²) in [6.45, 7) is 4.98. The number of anilines is 3. The minimum Gasteiger partial charge on any atom is -0.462 e.